The van der Waals surface area contributed by atoms with E-state index in [4.69, 9.17) is 9.40 Å². The van der Waals surface area contributed by atoms with Crippen molar-refractivity contribution in [3.05, 3.63) is 69.7 Å². The Morgan fingerprint density at radius 3 is 2.97 bits per heavy atom. The van der Waals surface area contributed by atoms with Gasteiger partial charge in [-0.15, -0.1) is 28.1 Å². The van der Waals surface area contributed by atoms with E-state index in [1.807, 2.05) is 30.3 Å². The highest BCUT2D eigenvalue weighted by Crippen LogP contribution is 2.36. The fraction of sp³-hybridized carbons (Fsp3) is 0.304. The molecule has 1 atom stereocenters. The summed E-state index contributed by atoms with van der Waals surface area (Å²) in [7, 11) is 0. The predicted octanol–water partition coefficient (Wildman–Crippen LogP) is 5.11. The van der Waals surface area contributed by atoms with Crippen LogP contribution >= 0.6 is 23.1 Å². The fourth-order valence-electron chi connectivity index (χ4n) is 3.94. The number of benzene rings is 1. The molecular formula is C23H22N4O2S2. The minimum atomic E-state index is 0.0231. The van der Waals surface area contributed by atoms with Gasteiger partial charge in [0.05, 0.1) is 11.1 Å². The maximum absolute atomic E-state index is 13.4. The van der Waals surface area contributed by atoms with Crippen LogP contribution in [0.1, 0.15) is 29.7 Å². The van der Waals surface area contributed by atoms with Crippen LogP contribution in [-0.4, -0.2) is 19.7 Å². The Hall–Kier alpha value is -2.71. The second kappa shape index (κ2) is 8.43. The van der Waals surface area contributed by atoms with E-state index in [0.29, 0.717) is 35.2 Å². The largest absolute Gasteiger partial charge is 0.420 e. The molecule has 6 nitrogen and oxygen atoms in total. The molecule has 0 saturated heterocycles. The summed E-state index contributed by atoms with van der Waals surface area (Å²) in [5.41, 5.74) is 2.11. The van der Waals surface area contributed by atoms with Gasteiger partial charge in [-0.05, 0) is 42.9 Å². The second-order valence-corrected chi connectivity index (χ2v) is 9.81. The van der Waals surface area contributed by atoms with Gasteiger partial charge >= 0.3 is 0 Å². The smallest absolute Gasteiger partial charge is 0.263 e. The first-order chi connectivity index (χ1) is 15.1. The molecule has 4 aromatic rings. The predicted molar refractivity (Wildman–Crippen MR) is 125 cm³/mol. The molecule has 0 amide bonds. The van der Waals surface area contributed by atoms with Gasteiger partial charge in [0.2, 0.25) is 11.8 Å². The lowest BCUT2D eigenvalue weighted by atomic mass is 9.89. The molecule has 0 spiro atoms. The van der Waals surface area contributed by atoms with Crippen molar-refractivity contribution in [3.63, 3.8) is 0 Å². The van der Waals surface area contributed by atoms with Crippen LogP contribution in [0.25, 0.3) is 21.7 Å². The van der Waals surface area contributed by atoms with Crippen molar-refractivity contribution in [2.24, 2.45) is 5.92 Å². The van der Waals surface area contributed by atoms with Crippen LogP contribution in [-0.2, 0) is 25.1 Å². The summed E-state index contributed by atoms with van der Waals surface area (Å²) in [6, 6.07) is 9.67. The van der Waals surface area contributed by atoms with Gasteiger partial charge in [0.25, 0.3) is 5.56 Å². The zero-order valence-corrected chi connectivity index (χ0v) is 18.8. The standard InChI is InChI=1S/C23H22N4O2S2/c1-3-11-27-22(28)19-16-10-9-14(2)12-17(16)31-21(19)24-23(27)30-13-18-25-26-20(29-18)15-7-5-4-6-8-15/h3-8,14H,1,9-13H2,2H3/t14-/m0/s1. The SMILES string of the molecule is C=CCn1c(SCc2nnc(-c3ccccc3)o2)nc2sc3c(c2c1=O)CC[C@H](C)C3. The summed E-state index contributed by atoms with van der Waals surface area (Å²) in [5.74, 6) is 2.09. The second-order valence-electron chi connectivity index (χ2n) is 7.79. The van der Waals surface area contributed by atoms with Crippen LogP contribution in [0, 0.1) is 5.92 Å². The number of nitrogens with zero attached hydrogens (tertiary/aromatic N) is 4. The summed E-state index contributed by atoms with van der Waals surface area (Å²) >= 11 is 3.11. The Balaban J connectivity index is 1.47. The van der Waals surface area contributed by atoms with E-state index in [9.17, 15) is 4.79 Å². The summed E-state index contributed by atoms with van der Waals surface area (Å²) in [4.78, 5) is 20.4. The summed E-state index contributed by atoms with van der Waals surface area (Å²) < 4.78 is 7.52. The minimum Gasteiger partial charge on any atom is -0.420 e. The number of rotatable bonds is 6. The van der Waals surface area contributed by atoms with Crippen molar-refractivity contribution in [2.75, 3.05) is 0 Å². The topological polar surface area (TPSA) is 73.8 Å². The van der Waals surface area contributed by atoms with Crippen molar-refractivity contribution < 1.29 is 4.42 Å². The molecule has 0 radical (unpaired) electrons. The summed E-state index contributed by atoms with van der Waals surface area (Å²) in [5, 5.41) is 9.75. The van der Waals surface area contributed by atoms with Gasteiger partial charge in [0.1, 0.15) is 4.83 Å². The van der Waals surface area contributed by atoms with E-state index >= 15 is 0 Å². The van der Waals surface area contributed by atoms with Crippen LogP contribution in [0.4, 0.5) is 0 Å². The highest BCUT2D eigenvalue weighted by Gasteiger charge is 2.24. The van der Waals surface area contributed by atoms with Gasteiger partial charge < -0.3 is 4.42 Å². The van der Waals surface area contributed by atoms with Crippen LogP contribution < -0.4 is 5.56 Å². The van der Waals surface area contributed by atoms with E-state index in [1.165, 1.54) is 22.2 Å². The molecule has 158 valence electrons. The van der Waals surface area contributed by atoms with Crippen LogP contribution in [0.2, 0.25) is 0 Å². The van der Waals surface area contributed by atoms with Crippen molar-refractivity contribution in [3.8, 4) is 11.5 Å². The fourth-order valence-corrected chi connectivity index (χ4v) is 6.21. The van der Waals surface area contributed by atoms with Gasteiger partial charge in [0, 0.05) is 17.0 Å². The molecule has 31 heavy (non-hydrogen) atoms. The number of hydrogen-bond donors (Lipinski definition) is 0. The van der Waals surface area contributed by atoms with Gasteiger partial charge in [-0.1, -0.05) is 43.0 Å². The number of aryl methyl sites for hydroxylation is 1. The van der Waals surface area contributed by atoms with E-state index in [1.54, 1.807) is 22.0 Å². The van der Waals surface area contributed by atoms with Crippen molar-refractivity contribution in [1.29, 1.82) is 0 Å². The van der Waals surface area contributed by atoms with Crippen molar-refractivity contribution in [2.45, 2.75) is 43.6 Å². The lowest BCUT2D eigenvalue weighted by Gasteiger charge is -2.17. The van der Waals surface area contributed by atoms with E-state index in [0.717, 1.165) is 35.0 Å². The third kappa shape index (κ3) is 3.85. The molecule has 0 fully saturated rings. The lowest BCUT2D eigenvalue weighted by Crippen LogP contribution is -2.23. The monoisotopic (exact) mass is 450 g/mol. The highest BCUT2D eigenvalue weighted by atomic mass is 32.2. The molecule has 0 bridgehead atoms. The number of aromatic nitrogens is 4. The van der Waals surface area contributed by atoms with E-state index in [2.05, 4.69) is 23.7 Å². The van der Waals surface area contributed by atoms with Crippen molar-refractivity contribution >= 4 is 33.3 Å². The number of thiophene rings is 1. The van der Waals surface area contributed by atoms with Gasteiger partial charge in [0.15, 0.2) is 5.16 Å². The first-order valence-electron chi connectivity index (χ1n) is 10.3. The molecule has 8 heteroatoms. The molecular weight excluding hydrogens is 428 g/mol. The van der Waals surface area contributed by atoms with Crippen LogP contribution in [0.15, 0.2) is 57.4 Å². The molecule has 0 saturated carbocycles. The zero-order chi connectivity index (χ0) is 21.4. The Morgan fingerprint density at radius 1 is 1.32 bits per heavy atom. The third-order valence-electron chi connectivity index (χ3n) is 5.50. The Bertz CT molecular complexity index is 1310. The van der Waals surface area contributed by atoms with Gasteiger partial charge in [-0.2, -0.15) is 0 Å². The van der Waals surface area contributed by atoms with E-state index in [-0.39, 0.29) is 5.56 Å². The summed E-state index contributed by atoms with van der Waals surface area (Å²) in [6.45, 7) is 6.51. The molecule has 1 aromatic carbocycles. The lowest BCUT2D eigenvalue weighted by molar-refractivity contribution is 0.509. The van der Waals surface area contributed by atoms with E-state index < -0.39 is 0 Å². The number of thioether (sulfide) groups is 1. The maximum Gasteiger partial charge on any atom is 0.263 e. The molecule has 0 aliphatic heterocycles. The molecule has 3 heterocycles. The molecule has 0 N–H and O–H groups in total. The summed E-state index contributed by atoms with van der Waals surface area (Å²) in [6.07, 6.45) is 4.85. The van der Waals surface area contributed by atoms with Gasteiger partial charge in [-0.3, -0.25) is 9.36 Å². The zero-order valence-electron chi connectivity index (χ0n) is 17.2. The highest BCUT2D eigenvalue weighted by molar-refractivity contribution is 7.98. The first-order valence-corrected chi connectivity index (χ1v) is 12.1. The maximum atomic E-state index is 13.4. The van der Waals surface area contributed by atoms with Crippen LogP contribution in [0.3, 0.4) is 0 Å². The third-order valence-corrected chi connectivity index (χ3v) is 7.61. The van der Waals surface area contributed by atoms with Crippen molar-refractivity contribution in [1.82, 2.24) is 19.7 Å². The normalized spacial score (nSPS) is 15.8. The quantitative estimate of drug-likeness (QED) is 0.231. The molecule has 1 aliphatic carbocycles. The first kappa shape index (κ1) is 20.2. The Morgan fingerprint density at radius 2 is 2.16 bits per heavy atom. The minimum absolute atomic E-state index is 0.0231. The molecule has 0 unspecified atom stereocenters. The van der Waals surface area contributed by atoms with Gasteiger partial charge in [-0.25, -0.2) is 4.98 Å². The average molecular weight is 451 g/mol. The number of hydrogen-bond acceptors (Lipinski definition) is 7. The average Bonchev–Trinajstić information content (AvgIpc) is 3.39. The molecule has 1 aliphatic rings. The Labute approximate surface area is 188 Å². The number of fused-ring (bicyclic) bond motifs is 3. The Kier molecular flexibility index (Phi) is 5.50. The molecule has 5 rings (SSSR count). The molecule has 3 aromatic heterocycles. The number of allylic oxidation sites excluding steroid dienone is 1. The van der Waals surface area contributed by atoms with Crippen LogP contribution in [0.5, 0.6) is 0 Å².